The van der Waals surface area contributed by atoms with Crippen LogP contribution in [-0.4, -0.2) is 45.8 Å². The number of carbonyl (C=O) groups is 2. The molecule has 0 radical (unpaired) electrons. The Bertz CT molecular complexity index is 906. The lowest BCUT2D eigenvalue weighted by molar-refractivity contribution is -0.127. The Labute approximate surface area is 190 Å². The molecule has 1 saturated heterocycles. The molecular weight excluding hydrogens is 402 g/mol. The maximum absolute atomic E-state index is 12.7. The van der Waals surface area contributed by atoms with Crippen molar-refractivity contribution in [2.75, 3.05) is 18.4 Å². The quantitative estimate of drug-likeness (QED) is 0.717. The van der Waals surface area contributed by atoms with Crippen LogP contribution in [0.3, 0.4) is 0 Å². The van der Waals surface area contributed by atoms with Crippen LogP contribution in [0.15, 0.2) is 42.7 Å². The van der Waals surface area contributed by atoms with Crippen LogP contribution in [0.4, 0.5) is 5.69 Å². The zero-order chi connectivity index (χ0) is 22.3. The molecular formula is C25H33N5O2. The third kappa shape index (κ3) is 5.71. The molecule has 1 unspecified atom stereocenters. The minimum atomic E-state index is -0.319. The number of nitrogens with zero attached hydrogens (tertiary/aromatic N) is 3. The first-order chi connectivity index (χ1) is 15.6. The predicted octanol–water partition coefficient (Wildman–Crippen LogP) is 3.95. The van der Waals surface area contributed by atoms with Crippen LogP contribution < -0.4 is 10.6 Å². The number of rotatable bonds is 6. The van der Waals surface area contributed by atoms with Gasteiger partial charge >= 0.3 is 0 Å². The van der Waals surface area contributed by atoms with Crippen molar-refractivity contribution in [1.82, 2.24) is 20.2 Å². The first kappa shape index (κ1) is 22.4. The van der Waals surface area contributed by atoms with E-state index >= 15 is 0 Å². The van der Waals surface area contributed by atoms with Gasteiger partial charge in [0.2, 0.25) is 11.7 Å². The van der Waals surface area contributed by atoms with Gasteiger partial charge in [-0.25, -0.2) is 9.97 Å². The van der Waals surface area contributed by atoms with E-state index in [1.165, 1.54) is 19.3 Å². The van der Waals surface area contributed by atoms with Crippen molar-refractivity contribution in [3.63, 3.8) is 0 Å². The van der Waals surface area contributed by atoms with E-state index in [1.54, 1.807) is 18.5 Å². The number of carbonyl (C=O) groups excluding carboxylic acids is 2. The molecule has 32 heavy (non-hydrogen) atoms. The van der Waals surface area contributed by atoms with Gasteiger partial charge in [-0.05, 0) is 69.5 Å². The highest BCUT2D eigenvalue weighted by Crippen LogP contribution is 2.28. The Balaban J connectivity index is 1.30. The first-order valence-corrected chi connectivity index (χ1v) is 11.8. The van der Waals surface area contributed by atoms with E-state index in [9.17, 15) is 9.59 Å². The molecule has 2 aromatic rings. The highest BCUT2D eigenvalue weighted by Gasteiger charge is 2.29. The van der Waals surface area contributed by atoms with Crippen LogP contribution in [0.5, 0.6) is 0 Å². The van der Waals surface area contributed by atoms with Gasteiger partial charge in [0.05, 0.1) is 0 Å². The van der Waals surface area contributed by atoms with E-state index in [-0.39, 0.29) is 29.6 Å². The summed E-state index contributed by atoms with van der Waals surface area (Å²) >= 11 is 0. The Morgan fingerprint density at radius 3 is 2.44 bits per heavy atom. The molecule has 1 aromatic heterocycles. The van der Waals surface area contributed by atoms with E-state index < -0.39 is 0 Å². The Hall–Kier alpha value is -2.80. The van der Waals surface area contributed by atoms with E-state index in [0.29, 0.717) is 6.04 Å². The fourth-order valence-electron chi connectivity index (χ4n) is 4.81. The summed E-state index contributed by atoms with van der Waals surface area (Å²) in [5.74, 6) is 0.202. The maximum Gasteiger partial charge on any atom is 0.293 e. The van der Waals surface area contributed by atoms with Gasteiger partial charge in [0.15, 0.2) is 0 Å². The molecule has 1 aliphatic heterocycles. The summed E-state index contributed by atoms with van der Waals surface area (Å²) in [6.45, 7) is 3.99. The number of amides is 2. The lowest BCUT2D eigenvalue weighted by Crippen LogP contribution is -2.44. The third-order valence-electron chi connectivity index (χ3n) is 6.80. The zero-order valence-electron chi connectivity index (χ0n) is 18.8. The van der Waals surface area contributed by atoms with E-state index in [4.69, 9.17) is 0 Å². The number of hydrogen-bond donors (Lipinski definition) is 2. The molecule has 1 aliphatic carbocycles. The second-order valence-electron chi connectivity index (χ2n) is 8.98. The largest absolute Gasteiger partial charge is 0.353 e. The minimum Gasteiger partial charge on any atom is -0.353 e. The Morgan fingerprint density at radius 2 is 1.72 bits per heavy atom. The third-order valence-corrected chi connectivity index (χ3v) is 6.80. The monoisotopic (exact) mass is 435 g/mol. The highest BCUT2D eigenvalue weighted by atomic mass is 16.2. The van der Waals surface area contributed by atoms with Gasteiger partial charge < -0.3 is 10.6 Å². The molecule has 7 heteroatoms. The van der Waals surface area contributed by atoms with Crippen molar-refractivity contribution in [2.24, 2.45) is 5.92 Å². The molecule has 2 amide bonds. The van der Waals surface area contributed by atoms with Crippen molar-refractivity contribution in [2.45, 2.75) is 64.0 Å². The molecule has 1 saturated carbocycles. The van der Waals surface area contributed by atoms with E-state index in [1.807, 2.05) is 18.2 Å². The van der Waals surface area contributed by atoms with E-state index in [2.05, 4.69) is 38.5 Å². The zero-order valence-corrected chi connectivity index (χ0v) is 18.8. The summed E-state index contributed by atoms with van der Waals surface area (Å²) in [5.41, 5.74) is 1.87. The molecule has 1 atom stereocenters. The fraction of sp³-hybridized carbons (Fsp3) is 0.520. The molecule has 2 N–H and O–H groups in total. The Morgan fingerprint density at radius 1 is 1.00 bits per heavy atom. The number of likely N-dealkylation sites (tertiary alicyclic amines) is 1. The lowest BCUT2D eigenvalue weighted by Gasteiger charge is -2.36. The van der Waals surface area contributed by atoms with Crippen LogP contribution >= 0.6 is 0 Å². The molecule has 2 fully saturated rings. The van der Waals surface area contributed by atoms with Gasteiger partial charge in [-0.15, -0.1) is 0 Å². The van der Waals surface area contributed by atoms with E-state index in [0.717, 1.165) is 50.0 Å². The van der Waals surface area contributed by atoms with Crippen LogP contribution in [0.1, 0.15) is 74.1 Å². The summed E-state index contributed by atoms with van der Waals surface area (Å²) in [5, 5.41) is 6.18. The summed E-state index contributed by atoms with van der Waals surface area (Å²) in [4.78, 5) is 35.5. The van der Waals surface area contributed by atoms with Gasteiger partial charge in [0, 0.05) is 36.1 Å². The van der Waals surface area contributed by atoms with Crippen LogP contribution in [-0.2, 0) is 4.79 Å². The summed E-state index contributed by atoms with van der Waals surface area (Å²) in [7, 11) is 0. The van der Waals surface area contributed by atoms with Gasteiger partial charge in [-0.1, -0.05) is 31.4 Å². The smallest absolute Gasteiger partial charge is 0.293 e. The summed E-state index contributed by atoms with van der Waals surface area (Å²) in [6, 6.07) is 10.2. The number of benzene rings is 1. The molecule has 0 spiro atoms. The lowest BCUT2D eigenvalue weighted by atomic mass is 9.91. The molecule has 0 bridgehead atoms. The first-order valence-electron chi connectivity index (χ1n) is 11.8. The number of hydrogen-bond acceptors (Lipinski definition) is 5. The summed E-state index contributed by atoms with van der Waals surface area (Å²) < 4.78 is 0. The highest BCUT2D eigenvalue weighted by molar-refractivity contribution is 6.01. The van der Waals surface area contributed by atoms with Crippen molar-refractivity contribution in [3.8, 4) is 0 Å². The van der Waals surface area contributed by atoms with Gasteiger partial charge in [-0.3, -0.25) is 14.5 Å². The number of nitrogens with one attached hydrogen (secondary N) is 2. The number of piperidine rings is 1. The molecule has 1 aromatic carbocycles. The minimum absolute atomic E-state index is 0.122. The van der Waals surface area contributed by atoms with Gasteiger partial charge in [0.25, 0.3) is 5.91 Å². The van der Waals surface area contributed by atoms with Crippen LogP contribution in [0, 0.1) is 5.92 Å². The van der Waals surface area contributed by atoms with Crippen LogP contribution in [0.25, 0.3) is 0 Å². The molecule has 4 rings (SSSR count). The average Bonchev–Trinajstić information content (AvgIpc) is 2.85. The Kier molecular flexibility index (Phi) is 7.47. The van der Waals surface area contributed by atoms with Crippen molar-refractivity contribution >= 4 is 17.5 Å². The second-order valence-corrected chi connectivity index (χ2v) is 8.98. The number of aromatic nitrogens is 2. The van der Waals surface area contributed by atoms with Crippen LogP contribution in [0.2, 0.25) is 0 Å². The predicted molar refractivity (Wildman–Crippen MR) is 124 cm³/mol. The van der Waals surface area contributed by atoms with Gasteiger partial charge in [0.1, 0.15) is 0 Å². The topological polar surface area (TPSA) is 87.2 Å². The van der Waals surface area contributed by atoms with Crippen molar-refractivity contribution < 1.29 is 9.59 Å². The molecule has 7 nitrogen and oxygen atoms in total. The summed E-state index contributed by atoms with van der Waals surface area (Å²) in [6.07, 6.45) is 10.9. The molecule has 170 valence electrons. The van der Waals surface area contributed by atoms with Crippen molar-refractivity contribution in [3.05, 3.63) is 54.1 Å². The van der Waals surface area contributed by atoms with Gasteiger partial charge in [-0.2, -0.15) is 0 Å². The maximum atomic E-state index is 12.7. The second kappa shape index (κ2) is 10.7. The molecule has 2 heterocycles. The van der Waals surface area contributed by atoms with Crippen molar-refractivity contribution in [1.29, 1.82) is 0 Å². The normalized spacial score (nSPS) is 19.3. The molecule has 2 aliphatic rings. The standard InChI is InChI=1S/C25H33N5O2/c1-18(20-7-5-10-22(17-20)29-25(32)23-26-13-6-14-27-23)30-15-11-19(12-16-30)24(31)28-21-8-3-2-4-9-21/h5-7,10,13-14,17-19,21H,2-4,8-9,11-12,15-16H2,1H3,(H,28,31)(H,29,32). The number of anilines is 1. The SMILES string of the molecule is CC(c1cccc(NC(=O)c2ncccn2)c1)N1CCC(C(=O)NC2CCCCC2)CC1. The fourth-order valence-corrected chi connectivity index (χ4v) is 4.81. The average molecular weight is 436 g/mol.